The van der Waals surface area contributed by atoms with Crippen LogP contribution in [0.4, 0.5) is 11.4 Å². The van der Waals surface area contributed by atoms with Gasteiger partial charge in [0.25, 0.3) is 0 Å². The summed E-state index contributed by atoms with van der Waals surface area (Å²) >= 11 is 0. The number of fused-ring (bicyclic) bond motifs is 1. The van der Waals surface area contributed by atoms with Crippen LogP contribution in [-0.4, -0.2) is 36.1 Å². The molecule has 0 amide bonds. The first-order valence-electron chi connectivity index (χ1n) is 8.45. The summed E-state index contributed by atoms with van der Waals surface area (Å²) < 4.78 is 0. The van der Waals surface area contributed by atoms with Crippen LogP contribution >= 0.6 is 0 Å². The number of rotatable bonds is 3. The molecule has 0 aliphatic carbocycles. The molecule has 24 heavy (non-hydrogen) atoms. The first-order chi connectivity index (χ1) is 11.8. The molecule has 2 aromatic carbocycles. The molecule has 0 atom stereocenters. The molecule has 122 valence electrons. The van der Waals surface area contributed by atoms with E-state index in [0.29, 0.717) is 0 Å². The number of hydrogen-bond donors (Lipinski definition) is 1. The van der Waals surface area contributed by atoms with Crippen LogP contribution in [0.3, 0.4) is 0 Å². The van der Waals surface area contributed by atoms with Crippen molar-refractivity contribution in [2.24, 2.45) is 0 Å². The fourth-order valence-corrected chi connectivity index (χ4v) is 3.31. The molecule has 0 spiro atoms. The van der Waals surface area contributed by atoms with Gasteiger partial charge < -0.3 is 10.6 Å². The number of piperazine rings is 1. The minimum Gasteiger partial charge on any atom is -0.399 e. The maximum atomic E-state index is 5.83. The summed E-state index contributed by atoms with van der Waals surface area (Å²) in [5, 5.41) is 1.10. The van der Waals surface area contributed by atoms with E-state index in [0.717, 1.165) is 55.0 Å². The number of aromatic nitrogens is 1. The Labute approximate surface area is 142 Å². The van der Waals surface area contributed by atoms with Gasteiger partial charge >= 0.3 is 0 Å². The average molecular weight is 318 g/mol. The molecule has 2 heterocycles. The van der Waals surface area contributed by atoms with Gasteiger partial charge in [-0.05, 0) is 36.4 Å². The third kappa shape index (κ3) is 3.19. The molecule has 1 aromatic heterocycles. The van der Waals surface area contributed by atoms with Crippen LogP contribution in [0, 0.1) is 0 Å². The van der Waals surface area contributed by atoms with Gasteiger partial charge in [0, 0.05) is 49.5 Å². The summed E-state index contributed by atoms with van der Waals surface area (Å²) in [4.78, 5) is 9.71. The first-order valence-corrected chi connectivity index (χ1v) is 8.45. The van der Waals surface area contributed by atoms with Gasteiger partial charge in [-0.2, -0.15) is 0 Å². The summed E-state index contributed by atoms with van der Waals surface area (Å²) in [6, 6.07) is 20.8. The molecule has 0 radical (unpaired) electrons. The van der Waals surface area contributed by atoms with Crippen LogP contribution < -0.4 is 10.6 Å². The lowest BCUT2D eigenvalue weighted by atomic mass is 10.1. The molecular weight excluding hydrogens is 296 g/mol. The van der Waals surface area contributed by atoms with E-state index >= 15 is 0 Å². The first kappa shape index (κ1) is 15.0. The highest BCUT2D eigenvalue weighted by Gasteiger charge is 2.17. The molecule has 4 nitrogen and oxygen atoms in total. The van der Waals surface area contributed by atoms with Crippen LogP contribution in [0.2, 0.25) is 0 Å². The molecule has 0 saturated carbocycles. The van der Waals surface area contributed by atoms with Crippen molar-refractivity contribution >= 4 is 22.3 Å². The average Bonchev–Trinajstić information content (AvgIpc) is 2.63. The lowest BCUT2D eigenvalue weighted by Crippen LogP contribution is -2.46. The largest absolute Gasteiger partial charge is 0.399 e. The molecule has 4 rings (SSSR count). The SMILES string of the molecule is Nc1ccc2nc(CN3CCN(c4ccccc4)CC3)ccc2c1. The fraction of sp³-hybridized carbons (Fsp3) is 0.250. The molecule has 0 unspecified atom stereocenters. The van der Waals surface area contributed by atoms with E-state index in [1.165, 1.54) is 5.69 Å². The van der Waals surface area contributed by atoms with Gasteiger partial charge in [-0.3, -0.25) is 9.88 Å². The van der Waals surface area contributed by atoms with Gasteiger partial charge in [-0.15, -0.1) is 0 Å². The highest BCUT2D eigenvalue weighted by Crippen LogP contribution is 2.19. The van der Waals surface area contributed by atoms with Crippen molar-refractivity contribution < 1.29 is 0 Å². The van der Waals surface area contributed by atoms with Gasteiger partial charge in [-0.1, -0.05) is 24.3 Å². The standard InChI is InChI=1S/C20H22N4/c21-17-7-9-20-16(14-17)6-8-18(22-20)15-23-10-12-24(13-11-23)19-4-2-1-3-5-19/h1-9,14H,10-13,15,21H2. The molecular formula is C20H22N4. The summed E-state index contributed by atoms with van der Waals surface area (Å²) in [7, 11) is 0. The van der Waals surface area contributed by atoms with Gasteiger partial charge in [0.1, 0.15) is 0 Å². The monoisotopic (exact) mass is 318 g/mol. The van der Waals surface area contributed by atoms with Gasteiger partial charge in [0.2, 0.25) is 0 Å². The number of nitrogens with zero attached hydrogens (tertiary/aromatic N) is 3. The van der Waals surface area contributed by atoms with Crippen LogP contribution in [-0.2, 0) is 6.54 Å². The van der Waals surface area contributed by atoms with E-state index in [2.05, 4.69) is 52.3 Å². The van der Waals surface area contributed by atoms with Crippen molar-refractivity contribution in [2.75, 3.05) is 36.8 Å². The second-order valence-electron chi connectivity index (χ2n) is 6.35. The molecule has 1 aliphatic heterocycles. The fourth-order valence-electron chi connectivity index (χ4n) is 3.31. The normalized spacial score (nSPS) is 15.8. The lowest BCUT2D eigenvalue weighted by molar-refractivity contribution is 0.247. The van der Waals surface area contributed by atoms with Crippen LogP contribution in [0.15, 0.2) is 60.7 Å². The third-order valence-electron chi connectivity index (χ3n) is 4.65. The molecule has 1 saturated heterocycles. The number of pyridine rings is 1. The van der Waals surface area contributed by atoms with Crippen LogP contribution in [0.5, 0.6) is 0 Å². The lowest BCUT2D eigenvalue weighted by Gasteiger charge is -2.36. The zero-order valence-corrected chi connectivity index (χ0v) is 13.7. The minimum absolute atomic E-state index is 0.786. The Morgan fingerprint density at radius 3 is 2.46 bits per heavy atom. The second-order valence-corrected chi connectivity index (χ2v) is 6.35. The molecule has 1 aliphatic rings. The Bertz CT molecular complexity index is 823. The third-order valence-corrected chi connectivity index (χ3v) is 4.65. The number of nitrogen functional groups attached to an aromatic ring is 1. The van der Waals surface area contributed by atoms with Crippen molar-refractivity contribution in [2.45, 2.75) is 6.54 Å². The molecule has 1 fully saturated rings. The van der Waals surface area contributed by atoms with E-state index in [-0.39, 0.29) is 0 Å². The minimum atomic E-state index is 0.786. The quantitative estimate of drug-likeness (QED) is 0.754. The highest BCUT2D eigenvalue weighted by atomic mass is 15.3. The zero-order valence-electron chi connectivity index (χ0n) is 13.7. The second kappa shape index (κ2) is 6.49. The summed E-state index contributed by atoms with van der Waals surface area (Å²) in [5.41, 5.74) is 10.1. The molecule has 2 N–H and O–H groups in total. The van der Waals surface area contributed by atoms with E-state index < -0.39 is 0 Å². The Kier molecular flexibility index (Phi) is 4.05. The van der Waals surface area contributed by atoms with Crippen molar-refractivity contribution in [3.05, 3.63) is 66.4 Å². The Morgan fingerprint density at radius 2 is 1.67 bits per heavy atom. The maximum Gasteiger partial charge on any atom is 0.0707 e. The Balaban J connectivity index is 1.41. The van der Waals surface area contributed by atoms with Crippen LogP contribution in [0.25, 0.3) is 10.9 Å². The molecule has 0 bridgehead atoms. The number of hydrogen-bond acceptors (Lipinski definition) is 4. The van der Waals surface area contributed by atoms with Crippen molar-refractivity contribution in [3.63, 3.8) is 0 Å². The van der Waals surface area contributed by atoms with Crippen molar-refractivity contribution in [1.82, 2.24) is 9.88 Å². The Hall–Kier alpha value is -2.59. The van der Waals surface area contributed by atoms with E-state index in [4.69, 9.17) is 10.7 Å². The smallest absolute Gasteiger partial charge is 0.0707 e. The van der Waals surface area contributed by atoms with E-state index in [9.17, 15) is 0 Å². The van der Waals surface area contributed by atoms with Gasteiger partial charge in [0.05, 0.1) is 11.2 Å². The van der Waals surface area contributed by atoms with Crippen molar-refractivity contribution in [1.29, 1.82) is 0 Å². The number of anilines is 2. The van der Waals surface area contributed by atoms with E-state index in [1.807, 2.05) is 18.2 Å². The number of nitrogens with two attached hydrogens (primary N) is 1. The van der Waals surface area contributed by atoms with E-state index in [1.54, 1.807) is 0 Å². The van der Waals surface area contributed by atoms with Gasteiger partial charge in [-0.25, -0.2) is 0 Å². The predicted molar refractivity (Wildman–Crippen MR) is 100 cm³/mol. The van der Waals surface area contributed by atoms with Crippen LogP contribution in [0.1, 0.15) is 5.69 Å². The molecule has 3 aromatic rings. The topological polar surface area (TPSA) is 45.4 Å². The predicted octanol–water partition coefficient (Wildman–Crippen LogP) is 3.14. The van der Waals surface area contributed by atoms with Gasteiger partial charge in [0.15, 0.2) is 0 Å². The Morgan fingerprint density at radius 1 is 0.875 bits per heavy atom. The summed E-state index contributed by atoms with van der Waals surface area (Å²) in [5.74, 6) is 0. The zero-order chi connectivity index (χ0) is 16.4. The number of para-hydroxylation sites is 1. The maximum absolute atomic E-state index is 5.83. The van der Waals surface area contributed by atoms with Crippen molar-refractivity contribution in [3.8, 4) is 0 Å². The number of benzene rings is 2. The summed E-state index contributed by atoms with van der Waals surface area (Å²) in [6.45, 7) is 5.16. The summed E-state index contributed by atoms with van der Waals surface area (Å²) in [6.07, 6.45) is 0. The molecule has 4 heteroatoms. The highest BCUT2D eigenvalue weighted by molar-refractivity contribution is 5.81.